The zero-order chi connectivity index (χ0) is 26.9. The monoisotopic (exact) mass is 499 g/mol. The zero-order valence-electron chi connectivity index (χ0n) is 24.4. The van der Waals surface area contributed by atoms with E-state index in [4.69, 9.17) is 0 Å². The van der Waals surface area contributed by atoms with Gasteiger partial charge in [0, 0.05) is 30.8 Å². The molecule has 0 aliphatic rings. The molecule has 2 aromatic carbocycles. The van der Waals surface area contributed by atoms with E-state index in [1.54, 1.807) is 0 Å². The number of benzene rings is 2. The molecule has 0 unspecified atom stereocenters. The third kappa shape index (κ3) is 7.96. The Balaban J connectivity index is 2.57. The van der Waals surface area contributed by atoms with Crippen molar-refractivity contribution in [2.75, 3.05) is 26.0 Å². The summed E-state index contributed by atoms with van der Waals surface area (Å²) in [6.45, 7) is 28.6. The Morgan fingerprint density at radius 1 is 0.686 bits per heavy atom. The lowest BCUT2D eigenvalue weighted by Crippen LogP contribution is -2.27. The summed E-state index contributed by atoms with van der Waals surface area (Å²) in [6.07, 6.45) is 1.12. The molecule has 2 aromatic rings. The third-order valence-electron chi connectivity index (χ3n) is 6.66. The van der Waals surface area contributed by atoms with Gasteiger partial charge in [0.1, 0.15) is 11.5 Å². The fourth-order valence-electron chi connectivity index (χ4n) is 4.40. The summed E-state index contributed by atoms with van der Waals surface area (Å²) in [5, 5.41) is 22.6. The zero-order valence-corrected chi connectivity index (χ0v) is 25.3. The molecule has 0 atom stereocenters. The van der Waals surface area contributed by atoms with E-state index in [2.05, 4.69) is 112 Å². The smallest absolute Gasteiger partial charge is 0.123 e. The number of rotatable bonds is 7. The SMILES string of the molecule is Cc1cc(CN(CCP(C)C)Cc2cc(C(C)(C)C)cc(C(C)(C)C)c2O)c(O)c(C(C)(C)C)c1. The molecule has 3 nitrogen and oxygen atoms in total. The summed E-state index contributed by atoms with van der Waals surface area (Å²) in [5.74, 6) is 0.820. The van der Waals surface area contributed by atoms with Gasteiger partial charge in [0.05, 0.1) is 0 Å². The number of aryl methyl sites for hydroxylation is 1. The van der Waals surface area contributed by atoms with Gasteiger partial charge in [-0.25, -0.2) is 0 Å². The second-order valence-corrected chi connectivity index (χ2v) is 16.2. The second-order valence-electron chi connectivity index (χ2n) is 13.6. The van der Waals surface area contributed by atoms with Gasteiger partial charge in [0.2, 0.25) is 0 Å². The predicted octanol–water partition coefficient (Wildman–Crippen LogP) is 8.04. The maximum absolute atomic E-state index is 11.4. The summed E-state index contributed by atoms with van der Waals surface area (Å²) in [6, 6.07) is 8.59. The van der Waals surface area contributed by atoms with E-state index in [1.165, 1.54) is 11.1 Å². The number of phenolic OH excluding ortho intramolecular Hbond substituents is 2. The van der Waals surface area contributed by atoms with Crippen LogP contribution < -0.4 is 0 Å². The van der Waals surface area contributed by atoms with E-state index in [9.17, 15) is 10.2 Å². The first-order chi connectivity index (χ1) is 15.8. The highest BCUT2D eigenvalue weighted by atomic mass is 31.1. The first kappa shape index (κ1) is 29.7. The van der Waals surface area contributed by atoms with Crippen molar-refractivity contribution in [3.05, 3.63) is 57.6 Å². The van der Waals surface area contributed by atoms with Gasteiger partial charge in [-0.05, 0) is 59.4 Å². The Bertz CT molecular complexity index is 1020. The Labute approximate surface area is 216 Å². The lowest BCUT2D eigenvalue weighted by Gasteiger charge is -2.30. The molecule has 0 spiro atoms. The van der Waals surface area contributed by atoms with Crippen molar-refractivity contribution in [3.63, 3.8) is 0 Å². The van der Waals surface area contributed by atoms with Crippen molar-refractivity contribution in [1.29, 1.82) is 0 Å². The lowest BCUT2D eigenvalue weighted by atomic mass is 9.79. The van der Waals surface area contributed by atoms with Crippen molar-refractivity contribution in [2.24, 2.45) is 0 Å². The molecule has 4 heteroatoms. The van der Waals surface area contributed by atoms with Gasteiger partial charge in [0.25, 0.3) is 0 Å². The van der Waals surface area contributed by atoms with Crippen molar-refractivity contribution >= 4 is 7.92 Å². The quantitative estimate of drug-likeness (QED) is 0.379. The number of aromatic hydroxyl groups is 2. The molecule has 2 N–H and O–H groups in total. The fraction of sp³-hybridized carbons (Fsp3) is 0.613. The molecule has 0 saturated heterocycles. The number of nitrogens with zero attached hydrogens (tertiary/aromatic N) is 1. The van der Waals surface area contributed by atoms with Crippen molar-refractivity contribution < 1.29 is 10.2 Å². The van der Waals surface area contributed by atoms with Gasteiger partial charge in [-0.15, -0.1) is 7.92 Å². The highest BCUT2D eigenvalue weighted by Crippen LogP contribution is 2.39. The molecule has 2 rings (SSSR count). The molecule has 0 aliphatic carbocycles. The van der Waals surface area contributed by atoms with Gasteiger partial charge < -0.3 is 10.2 Å². The Hall–Kier alpha value is -1.57. The van der Waals surface area contributed by atoms with Gasteiger partial charge in [-0.2, -0.15) is 0 Å². The standard InChI is InChI=1S/C31H50NO2P/c1-21-15-22(27(33)25(16-21)30(5,6)7)19-32(13-14-35(11)12)20-23-17-24(29(2,3)4)18-26(28(23)34)31(8,9)10/h15-18,33-34H,13-14,19-20H2,1-12H3. The number of phenols is 2. The van der Waals surface area contributed by atoms with Gasteiger partial charge >= 0.3 is 0 Å². The topological polar surface area (TPSA) is 43.7 Å². The van der Waals surface area contributed by atoms with Crippen LogP contribution in [0.1, 0.15) is 95.7 Å². The molecule has 35 heavy (non-hydrogen) atoms. The molecule has 0 heterocycles. The predicted molar refractivity (Wildman–Crippen MR) is 155 cm³/mol. The minimum absolute atomic E-state index is 0.00907. The molecule has 0 amide bonds. The van der Waals surface area contributed by atoms with E-state index < -0.39 is 0 Å². The van der Waals surface area contributed by atoms with E-state index in [-0.39, 0.29) is 24.2 Å². The van der Waals surface area contributed by atoms with E-state index in [1.807, 2.05) is 0 Å². The molecular formula is C31H50NO2P. The Morgan fingerprint density at radius 3 is 1.57 bits per heavy atom. The third-order valence-corrected chi connectivity index (χ3v) is 7.75. The summed E-state index contributed by atoms with van der Waals surface area (Å²) < 4.78 is 0. The molecule has 0 radical (unpaired) electrons. The van der Waals surface area contributed by atoms with Crippen molar-refractivity contribution in [1.82, 2.24) is 4.90 Å². The molecule has 0 saturated carbocycles. The van der Waals surface area contributed by atoms with Crippen LogP contribution in [0.2, 0.25) is 0 Å². The van der Waals surface area contributed by atoms with Crippen molar-refractivity contribution in [3.8, 4) is 11.5 Å². The first-order valence-corrected chi connectivity index (χ1v) is 15.3. The maximum atomic E-state index is 11.4. The highest BCUT2D eigenvalue weighted by Gasteiger charge is 2.26. The summed E-state index contributed by atoms with van der Waals surface area (Å²) in [5.41, 5.74) is 6.07. The molecule has 196 valence electrons. The average Bonchev–Trinajstić information content (AvgIpc) is 2.67. The van der Waals surface area contributed by atoms with Crippen LogP contribution in [0, 0.1) is 6.92 Å². The van der Waals surface area contributed by atoms with Crippen LogP contribution in [0.15, 0.2) is 24.3 Å². The highest BCUT2D eigenvalue weighted by molar-refractivity contribution is 7.56. The van der Waals surface area contributed by atoms with Gasteiger partial charge in [0.15, 0.2) is 0 Å². The molecule has 0 fully saturated rings. The fourth-order valence-corrected chi connectivity index (χ4v) is 5.09. The van der Waals surface area contributed by atoms with Crippen molar-refractivity contribution in [2.45, 2.75) is 98.6 Å². The van der Waals surface area contributed by atoms with Crippen LogP contribution >= 0.6 is 7.92 Å². The van der Waals surface area contributed by atoms with Gasteiger partial charge in [-0.1, -0.05) is 92.1 Å². The summed E-state index contributed by atoms with van der Waals surface area (Å²) >= 11 is 0. The maximum Gasteiger partial charge on any atom is 0.123 e. The van der Waals surface area contributed by atoms with Crippen LogP contribution in [0.3, 0.4) is 0 Å². The Kier molecular flexibility index (Phi) is 9.16. The second kappa shape index (κ2) is 10.8. The lowest BCUT2D eigenvalue weighted by molar-refractivity contribution is 0.263. The largest absolute Gasteiger partial charge is 0.507 e. The Morgan fingerprint density at radius 2 is 1.14 bits per heavy atom. The summed E-state index contributed by atoms with van der Waals surface area (Å²) in [7, 11) is -0.0447. The number of hydrogen-bond acceptors (Lipinski definition) is 3. The van der Waals surface area contributed by atoms with E-state index in [0.29, 0.717) is 24.6 Å². The van der Waals surface area contributed by atoms with E-state index in [0.717, 1.165) is 35.0 Å². The molecular weight excluding hydrogens is 449 g/mol. The van der Waals surface area contributed by atoms with Gasteiger partial charge in [-0.3, -0.25) is 4.90 Å². The summed E-state index contributed by atoms with van der Waals surface area (Å²) in [4.78, 5) is 2.40. The van der Waals surface area contributed by atoms with Crippen LogP contribution in [0.4, 0.5) is 0 Å². The number of hydrogen-bond donors (Lipinski definition) is 2. The molecule has 0 bridgehead atoms. The molecule has 0 aliphatic heterocycles. The first-order valence-electron chi connectivity index (χ1n) is 12.9. The van der Waals surface area contributed by atoms with Crippen LogP contribution in [-0.4, -0.2) is 41.1 Å². The average molecular weight is 500 g/mol. The minimum atomic E-state index is -0.150. The minimum Gasteiger partial charge on any atom is -0.507 e. The van der Waals surface area contributed by atoms with Crippen LogP contribution in [0.5, 0.6) is 11.5 Å². The van der Waals surface area contributed by atoms with Crippen LogP contribution in [-0.2, 0) is 29.3 Å². The molecule has 0 aromatic heterocycles. The van der Waals surface area contributed by atoms with E-state index >= 15 is 0 Å². The normalized spacial score (nSPS) is 13.2. The van der Waals surface area contributed by atoms with Crippen LogP contribution in [0.25, 0.3) is 0 Å².